The Kier molecular flexibility index (Phi) is 7.28. The van der Waals surface area contributed by atoms with Gasteiger partial charge in [0.15, 0.2) is 5.96 Å². The molecule has 0 bridgehead atoms. The van der Waals surface area contributed by atoms with Crippen molar-refractivity contribution >= 4 is 17.6 Å². The van der Waals surface area contributed by atoms with Gasteiger partial charge in [0.25, 0.3) is 0 Å². The van der Waals surface area contributed by atoms with Crippen LogP contribution in [0.15, 0.2) is 59.6 Å². The molecule has 1 aliphatic heterocycles. The summed E-state index contributed by atoms with van der Waals surface area (Å²) in [6.45, 7) is 8.74. The quantitative estimate of drug-likeness (QED) is 0.491. The molecule has 1 amide bonds. The minimum Gasteiger partial charge on any atom is -0.357 e. The van der Waals surface area contributed by atoms with Crippen molar-refractivity contribution in [2.75, 3.05) is 25.0 Å². The summed E-state index contributed by atoms with van der Waals surface area (Å²) >= 11 is 0. The second-order valence-corrected chi connectivity index (χ2v) is 7.90. The molecule has 1 heterocycles. The summed E-state index contributed by atoms with van der Waals surface area (Å²) in [5, 5.41) is 9.76. The van der Waals surface area contributed by atoms with Crippen LogP contribution in [0.5, 0.6) is 0 Å². The first kappa shape index (κ1) is 20.9. The minimum atomic E-state index is 0.0707. The molecule has 2 aromatic rings. The molecule has 0 saturated heterocycles. The van der Waals surface area contributed by atoms with E-state index in [9.17, 15) is 4.79 Å². The molecule has 5 nitrogen and oxygen atoms in total. The first-order valence-corrected chi connectivity index (χ1v) is 10.5. The molecule has 3 N–H and O–H groups in total. The number of nitrogens with one attached hydrogen (secondary N) is 3. The smallest absolute Gasteiger partial charge is 0.225 e. The summed E-state index contributed by atoms with van der Waals surface area (Å²) < 4.78 is 0. The molecule has 2 atom stereocenters. The first-order valence-electron chi connectivity index (χ1n) is 10.5. The van der Waals surface area contributed by atoms with Gasteiger partial charge in [0.1, 0.15) is 0 Å². The molecule has 0 aromatic heterocycles. The summed E-state index contributed by atoms with van der Waals surface area (Å²) in [7, 11) is 0. The average molecular weight is 393 g/mol. The van der Waals surface area contributed by atoms with Crippen molar-refractivity contribution < 1.29 is 4.79 Å². The van der Waals surface area contributed by atoms with E-state index in [1.54, 1.807) is 0 Å². The van der Waals surface area contributed by atoms with Gasteiger partial charge in [-0.15, -0.1) is 0 Å². The fraction of sp³-hybridized carbons (Fsp3) is 0.417. The third-order valence-corrected chi connectivity index (χ3v) is 5.45. The molecule has 2 unspecified atom stereocenters. The molecule has 3 rings (SSSR count). The number of benzene rings is 2. The predicted molar refractivity (Wildman–Crippen MR) is 120 cm³/mol. The normalized spacial score (nSPS) is 17.4. The van der Waals surface area contributed by atoms with E-state index in [-0.39, 0.29) is 11.8 Å². The minimum absolute atomic E-state index is 0.0707. The van der Waals surface area contributed by atoms with E-state index >= 15 is 0 Å². The van der Waals surface area contributed by atoms with Crippen LogP contribution in [0.4, 0.5) is 5.69 Å². The number of anilines is 1. The zero-order chi connectivity index (χ0) is 20.6. The lowest BCUT2D eigenvalue weighted by Gasteiger charge is -2.26. The lowest BCUT2D eigenvalue weighted by Crippen LogP contribution is -2.41. The van der Waals surface area contributed by atoms with Crippen molar-refractivity contribution in [3.63, 3.8) is 0 Å². The van der Waals surface area contributed by atoms with Gasteiger partial charge in [-0.2, -0.15) is 0 Å². The van der Waals surface area contributed by atoms with Gasteiger partial charge >= 0.3 is 0 Å². The van der Waals surface area contributed by atoms with Crippen LogP contribution in [0.25, 0.3) is 0 Å². The summed E-state index contributed by atoms with van der Waals surface area (Å²) in [5.41, 5.74) is 3.42. The highest BCUT2D eigenvalue weighted by Crippen LogP contribution is 2.31. The number of hydrogen-bond acceptors (Lipinski definition) is 2. The largest absolute Gasteiger partial charge is 0.357 e. The number of carbonyl (C=O) groups is 1. The van der Waals surface area contributed by atoms with Crippen LogP contribution in [0, 0.1) is 5.92 Å². The summed E-state index contributed by atoms with van der Waals surface area (Å²) in [4.78, 5) is 16.9. The van der Waals surface area contributed by atoms with Crippen molar-refractivity contribution in [1.82, 2.24) is 10.6 Å². The van der Waals surface area contributed by atoms with Crippen molar-refractivity contribution in [2.45, 2.75) is 39.0 Å². The molecule has 154 valence electrons. The fourth-order valence-corrected chi connectivity index (χ4v) is 3.84. The van der Waals surface area contributed by atoms with E-state index < -0.39 is 0 Å². The molecular weight excluding hydrogens is 360 g/mol. The van der Waals surface area contributed by atoms with Gasteiger partial charge in [-0.1, -0.05) is 62.4 Å². The molecule has 29 heavy (non-hydrogen) atoms. The Morgan fingerprint density at radius 1 is 1.10 bits per heavy atom. The fourth-order valence-electron chi connectivity index (χ4n) is 3.84. The van der Waals surface area contributed by atoms with E-state index in [0.717, 1.165) is 24.7 Å². The number of fused-ring (bicyclic) bond motifs is 1. The second-order valence-electron chi connectivity index (χ2n) is 7.90. The molecule has 2 aromatic carbocycles. The van der Waals surface area contributed by atoms with Crippen LogP contribution < -0.4 is 16.0 Å². The Labute approximate surface area is 174 Å². The second kappa shape index (κ2) is 10.1. The van der Waals surface area contributed by atoms with Crippen molar-refractivity contribution in [3.05, 3.63) is 65.7 Å². The molecule has 5 heteroatoms. The lowest BCUT2D eigenvalue weighted by molar-refractivity contribution is -0.116. The SMILES string of the molecule is CCNC(=NCC(c1ccccc1)C(C)C)NCC1CC(=O)Nc2ccccc21. The van der Waals surface area contributed by atoms with E-state index in [1.165, 1.54) is 11.1 Å². The number of amides is 1. The number of guanidine groups is 1. The summed E-state index contributed by atoms with van der Waals surface area (Å²) in [5.74, 6) is 1.88. The van der Waals surface area contributed by atoms with E-state index in [4.69, 9.17) is 4.99 Å². The zero-order valence-electron chi connectivity index (χ0n) is 17.6. The highest BCUT2D eigenvalue weighted by atomic mass is 16.1. The summed E-state index contributed by atoms with van der Waals surface area (Å²) in [6, 6.07) is 18.6. The highest BCUT2D eigenvalue weighted by Gasteiger charge is 2.25. The van der Waals surface area contributed by atoms with Gasteiger partial charge in [0.2, 0.25) is 5.91 Å². The Hall–Kier alpha value is -2.82. The monoisotopic (exact) mass is 392 g/mol. The van der Waals surface area contributed by atoms with Crippen molar-refractivity contribution in [1.29, 1.82) is 0 Å². The first-order chi connectivity index (χ1) is 14.1. The van der Waals surface area contributed by atoms with Crippen LogP contribution in [0.1, 0.15) is 50.2 Å². The average Bonchev–Trinajstić information content (AvgIpc) is 2.72. The Morgan fingerprint density at radius 2 is 1.83 bits per heavy atom. The Morgan fingerprint density at radius 3 is 2.55 bits per heavy atom. The van der Waals surface area contributed by atoms with E-state index in [1.807, 2.05) is 24.3 Å². The van der Waals surface area contributed by atoms with Gasteiger partial charge in [-0.25, -0.2) is 0 Å². The number of aliphatic imine (C=N–C) groups is 1. The number of nitrogens with zero attached hydrogens (tertiary/aromatic N) is 1. The van der Waals surface area contributed by atoms with Gasteiger partial charge in [0, 0.05) is 43.6 Å². The van der Waals surface area contributed by atoms with Crippen LogP contribution in [-0.4, -0.2) is 31.5 Å². The number of para-hydroxylation sites is 1. The number of hydrogen-bond donors (Lipinski definition) is 3. The number of rotatable bonds is 7. The zero-order valence-corrected chi connectivity index (χ0v) is 17.6. The topological polar surface area (TPSA) is 65.5 Å². The molecule has 0 spiro atoms. The molecule has 1 aliphatic rings. The Bertz CT molecular complexity index is 832. The van der Waals surface area contributed by atoms with Gasteiger partial charge in [0.05, 0.1) is 0 Å². The highest BCUT2D eigenvalue weighted by molar-refractivity contribution is 5.94. The van der Waals surface area contributed by atoms with Crippen molar-refractivity contribution in [2.24, 2.45) is 10.9 Å². The van der Waals surface area contributed by atoms with E-state index in [2.05, 4.69) is 67.1 Å². The van der Waals surface area contributed by atoms with Crippen LogP contribution >= 0.6 is 0 Å². The molecule has 0 fully saturated rings. The molecule has 0 radical (unpaired) electrons. The van der Waals surface area contributed by atoms with Crippen LogP contribution in [0.2, 0.25) is 0 Å². The maximum absolute atomic E-state index is 12.1. The van der Waals surface area contributed by atoms with Crippen LogP contribution in [-0.2, 0) is 4.79 Å². The number of carbonyl (C=O) groups excluding carboxylic acids is 1. The lowest BCUT2D eigenvalue weighted by atomic mass is 9.88. The van der Waals surface area contributed by atoms with Gasteiger partial charge < -0.3 is 16.0 Å². The summed E-state index contributed by atoms with van der Waals surface area (Å²) in [6.07, 6.45) is 0.488. The van der Waals surface area contributed by atoms with E-state index in [0.29, 0.717) is 24.8 Å². The maximum Gasteiger partial charge on any atom is 0.225 e. The third-order valence-electron chi connectivity index (χ3n) is 5.45. The van der Waals surface area contributed by atoms with Gasteiger partial charge in [-0.3, -0.25) is 9.79 Å². The van der Waals surface area contributed by atoms with Gasteiger partial charge in [-0.05, 0) is 30.0 Å². The maximum atomic E-state index is 12.1. The Balaban J connectivity index is 1.69. The third kappa shape index (κ3) is 5.59. The molecule has 0 aliphatic carbocycles. The molecule has 0 saturated carbocycles. The molecular formula is C24H32N4O. The van der Waals surface area contributed by atoms with Crippen LogP contribution in [0.3, 0.4) is 0 Å². The van der Waals surface area contributed by atoms with Crippen molar-refractivity contribution in [3.8, 4) is 0 Å². The standard InChI is InChI=1S/C24H32N4O/c1-4-25-24(27-16-21(17(2)3)18-10-6-5-7-11-18)26-15-19-14-23(29)28-22-13-9-8-12-20(19)22/h5-13,17,19,21H,4,14-16H2,1-3H3,(H,28,29)(H2,25,26,27). The predicted octanol–water partition coefficient (Wildman–Crippen LogP) is 4.11.